The standard InChI is InChI=1S/C29H26ClFN2O4/c1-4-35-29(34)28-21(8-6-14-36-24-9-5-7-18-15-19(31)10-11-20(18)24)22-12-13-23(30)26(27(22)32-28)25-16(2)33-37-17(25)3/h5,7,9-13,15,32H,4,6,8,14H2,1-3H3. The van der Waals surface area contributed by atoms with Crippen LogP contribution in [0.15, 0.2) is 53.1 Å². The van der Waals surface area contributed by atoms with Crippen LogP contribution in [0.4, 0.5) is 4.39 Å². The molecule has 0 saturated heterocycles. The number of nitrogens with one attached hydrogen (secondary N) is 1. The van der Waals surface area contributed by atoms with Crippen LogP contribution in [0.5, 0.6) is 5.75 Å². The molecule has 0 bridgehead atoms. The first kappa shape index (κ1) is 24.8. The molecule has 0 aliphatic rings. The van der Waals surface area contributed by atoms with Crippen LogP contribution in [0, 0.1) is 19.7 Å². The zero-order valence-electron chi connectivity index (χ0n) is 20.8. The molecule has 0 fully saturated rings. The SMILES string of the molecule is CCOC(=O)c1[nH]c2c(-c3c(C)noc3C)c(Cl)ccc2c1CCCOc1cccc2cc(F)ccc12. The van der Waals surface area contributed by atoms with Crippen molar-refractivity contribution in [3.63, 3.8) is 0 Å². The second-order valence-corrected chi connectivity index (χ2v) is 9.22. The maximum Gasteiger partial charge on any atom is 0.355 e. The Hall–Kier alpha value is -3.84. The number of hydrogen-bond acceptors (Lipinski definition) is 5. The molecule has 0 radical (unpaired) electrons. The number of hydrogen-bond donors (Lipinski definition) is 1. The molecule has 1 N–H and O–H groups in total. The number of aryl methyl sites for hydroxylation is 3. The molecular weight excluding hydrogens is 495 g/mol. The third kappa shape index (κ3) is 4.67. The van der Waals surface area contributed by atoms with E-state index in [1.54, 1.807) is 13.0 Å². The molecule has 0 saturated carbocycles. The van der Waals surface area contributed by atoms with E-state index in [4.69, 9.17) is 25.6 Å². The monoisotopic (exact) mass is 520 g/mol. The van der Waals surface area contributed by atoms with Gasteiger partial charge in [0.15, 0.2) is 0 Å². The highest BCUT2D eigenvalue weighted by Crippen LogP contribution is 2.40. The highest BCUT2D eigenvalue weighted by Gasteiger charge is 2.24. The summed E-state index contributed by atoms with van der Waals surface area (Å²) in [5.74, 6) is 0.622. The van der Waals surface area contributed by atoms with Gasteiger partial charge in [-0.3, -0.25) is 0 Å². The molecular formula is C29H26ClFN2O4. The lowest BCUT2D eigenvalue weighted by Gasteiger charge is -2.10. The summed E-state index contributed by atoms with van der Waals surface area (Å²) in [6.45, 7) is 6.14. The number of carbonyl (C=O) groups excluding carboxylic acids is 1. The summed E-state index contributed by atoms with van der Waals surface area (Å²) in [5.41, 5.74) is 4.22. The van der Waals surface area contributed by atoms with Crippen LogP contribution in [-0.2, 0) is 11.2 Å². The highest BCUT2D eigenvalue weighted by molar-refractivity contribution is 6.35. The number of ether oxygens (including phenoxy) is 2. The van der Waals surface area contributed by atoms with Gasteiger partial charge in [-0.05, 0) is 74.9 Å². The lowest BCUT2D eigenvalue weighted by Crippen LogP contribution is -2.09. The number of rotatable bonds is 8. The quantitative estimate of drug-likeness (QED) is 0.168. The number of H-pyrrole nitrogens is 1. The number of aromatic amines is 1. The van der Waals surface area contributed by atoms with E-state index in [1.807, 2.05) is 44.2 Å². The summed E-state index contributed by atoms with van der Waals surface area (Å²) in [6.07, 6.45) is 1.20. The van der Waals surface area contributed by atoms with Crippen LogP contribution < -0.4 is 4.74 Å². The Labute approximate surface area is 218 Å². The van der Waals surface area contributed by atoms with Crippen LogP contribution in [0.3, 0.4) is 0 Å². The fourth-order valence-electron chi connectivity index (χ4n) is 4.80. The second-order valence-electron chi connectivity index (χ2n) is 8.82. The van der Waals surface area contributed by atoms with Crippen LogP contribution in [0.1, 0.15) is 40.9 Å². The van der Waals surface area contributed by atoms with Gasteiger partial charge < -0.3 is 19.0 Å². The highest BCUT2D eigenvalue weighted by atomic mass is 35.5. The minimum Gasteiger partial charge on any atom is -0.493 e. The predicted molar refractivity (Wildman–Crippen MR) is 142 cm³/mol. The van der Waals surface area contributed by atoms with Crippen LogP contribution in [0.25, 0.3) is 32.8 Å². The van der Waals surface area contributed by atoms with Crippen LogP contribution >= 0.6 is 11.6 Å². The number of halogens is 2. The molecule has 3 aromatic carbocycles. The van der Waals surface area contributed by atoms with Crippen molar-refractivity contribution in [3.8, 4) is 16.9 Å². The molecule has 0 unspecified atom stereocenters. The van der Waals surface area contributed by atoms with Crippen molar-refractivity contribution in [2.45, 2.75) is 33.6 Å². The maximum absolute atomic E-state index is 13.6. The Morgan fingerprint density at radius 3 is 2.68 bits per heavy atom. The largest absolute Gasteiger partial charge is 0.493 e. The number of fused-ring (bicyclic) bond motifs is 2. The maximum atomic E-state index is 13.6. The van der Waals surface area contributed by atoms with Gasteiger partial charge in [0.05, 0.1) is 35.0 Å². The molecule has 5 rings (SSSR count). The molecule has 6 nitrogen and oxygen atoms in total. The Morgan fingerprint density at radius 1 is 1.11 bits per heavy atom. The third-order valence-electron chi connectivity index (χ3n) is 6.43. The Bertz CT molecular complexity index is 1600. The average molecular weight is 521 g/mol. The number of esters is 1. The van der Waals surface area contributed by atoms with E-state index in [9.17, 15) is 9.18 Å². The summed E-state index contributed by atoms with van der Waals surface area (Å²) in [4.78, 5) is 16.2. The first-order valence-electron chi connectivity index (χ1n) is 12.1. The van der Waals surface area contributed by atoms with Gasteiger partial charge >= 0.3 is 5.97 Å². The first-order chi connectivity index (χ1) is 17.9. The van der Waals surface area contributed by atoms with Crippen molar-refractivity contribution in [2.75, 3.05) is 13.2 Å². The number of nitrogens with zero attached hydrogens (tertiary/aromatic N) is 1. The summed E-state index contributed by atoms with van der Waals surface area (Å²) < 4.78 is 30.4. The predicted octanol–water partition coefficient (Wildman–Crippen LogP) is 7.57. The normalized spacial score (nSPS) is 11.4. The van der Waals surface area contributed by atoms with Gasteiger partial charge in [-0.15, -0.1) is 0 Å². The fourth-order valence-corrected chi connectivity index (χ4v) is 5.05. The van der Waals surface area contributed by atoms with Crippen LogP contribution in [0.2, 0.25) is 5.02 Å². The molecule has 5 aromatic rings. The van der Waals surface area contributed by atoms with E-state index in [0.29, 0.717) is 47.4 Å². The summed E-state index contributed by atoms with van der Waals surface area (Å²) in [7, 11) is 0. The van der Waals surface area contributed by atoms with Gasteiger partial charge in [-0.1, -0.05) is 35.0 Å². The lowest BCUT2D eigenvalue weighted by molar-refractivity contribution is 0.0519. The molecule has 2 aromatic heterocycles. The molecule has 190 valence electrons. The Kier molecular flexibility index (Phi) is 6.89. The van der Waals surface area contributed by atoms with Crippen molar-refractivity contribution in [2.24, 2.45) is 0 Å². The van der Waals surface area contributed by atoms with E-state index < -0.39 is 5.97 Å². The summed E-state index contributed by atoms with van der Waals surface area (Å²) in [5, 5.41) is 7.11. The molecule has 0 aliphatic carbocycles. The van der Waals surface area contributed by atoms with E-state index in [2.05, 4.69) is 10.1 Å². The minimum absolute atomic E-state index is 0.260. The molecule has 0 aliphatic heterocycles. The van der Waals surface area contributed by atoms with Crippen LogP contribution in [-0.4, -0.2) is 29.3 Å². The Morgan fingerprint density at radius 2 is 1.92 bits per heavy atom. The zero-order chi connectivity index (χ0) is 26.1. The van der Waals surface area contributed by atoms with Gasteiger partial charge in [0, 0.05) is 16.3 Å². The van der Waals surface area contributed by atoms with Gasteiger partial charge in [0.25, 0.3) is 0 Å². The van der Waals surface area contributed by atoms with Crippen molar-refractivity contribution in [1.29, 1.82) is 0 Å². The summed E-state index contributed by atoms with van der Waals surface area (Å²) in [6, 6.07) is 13.9. The van der Waals surface area contributed by atoms with Gasteiger partial charge in [0.1, 0.15) is 23.0 Å². The van der Waals surface area contributed by atoms with E-state index in [1.165, 1.54) is 12.1 Å². The van der Waals surface area contributed by atoms with E-state index in [0.717, 1.165) is 38.4 Å². The lowest BCUT2D eigenvalue weighted by atomic mass is 9.98. The topological polar surface area (TPSA) is 77.4 Å². The van der Waals surface area contributed by atoms with Gasteiger partial charge in [0.2, 0.25) is 0 Å². The van der Waals surface area contributed by atoms with Crippen molar-refractivity contribution >= 4 is 39.2 Å². The molecule has 0 amide bonds. The molecule has 8 heteroatoms. The minimum atomic E-state index is -0.425. The molecule has 2 heterocycles. The summed E-state index contributed by atoms with van der Waals surface area (Å²) >= 11 is 6.64. The molecule has 0 atom stereocenters. The van der Waals surface area contributed by atoms with Gasteiger partial charge in [-0.25, -0.2) is 9.18 Å². The zero-order valence-corrected chi connectivity index (χ0v) is 21.5. The third-order valence-corrected chi connectivity index (χ3v) is 6.74. The van der Waals surface area contributed by atoms with Gasteiger partial charge in [-0.2, -0.15) is 0 Å². The molecule has 0 spiro atoms. The smallest absolute Gasteiger partial charge is 0.355 e. The Balaban J connectivity index is 1.47. The van der Waals surface area contributed by atoms with Crippen molar-refractivity contribution < 1.29 is 23.2 Å². The second kappa shape index (κ2) is 10.3. The number of aromatic nitrogens is 2. The average Bonchev–Trinajstić information content (AvgIpc) is 3.41. The van der Waals surface area contributed by atoms with Crippen molar-refractivity contribution in [1.82, 2.24) is 10.1 Å². The van der Waals surface area contributed by atoms with E-state index >= 15 is 0 Å². The first-order valence-corrected chi connectivity index (χ1v) is 12.5. The number of carbonyl (C=O) groups is 1. The fraction of sp³-hybridized carbons (Fsp3) is 0.241. The van der Waals surface area contributed by atoms with Crippen molar-refractivity contribution in [3.05, 3.63) is 82.1 Å². The van der Waals surface area contributed by atoms with E-state index in [-0.39, 0.29) is 12.4 Å². The molecule has 37 heavy (non-hydrogen) atoms. The number of benzene rings is 3.